The van der Waals surface area contributed by atoms with Crippen molar-refractivity contribution < 1.29 is 13.2 Å². The maximum Gasteiger partial charge on any atom is 0.254 e. The van der Waals surface area contributed by atoms with E-state index in [4.69, 9.17) is 0 Å². The largest absolute Gasteiger partial charge is 0.335 e. The summed E-state index contributed by atoms with van der Waals surface area (Å²) in [6, 6.07) is 14.8. The summed E-state index contributed by atoms with van der Waals surface area (Å²) in [7, 11) is -1.73. The molecule has 1 amide bonds. The van der Waals surface area contributed by atoms with Crippen molar-refractivity contribution >= 4 is 15.9 Å². The van der Waals surface area contributed by atoms with Gasteiger partial charge in [0.1, 0.15) is 0 Å². The Morgan fingerprint density at radius 2 is 1.76 bits per heavy atom. The summed E-state index contributed by atoms with van der Waals surface area (Å²) in [5.74, 6) is -0.137. The van der Waals surface area contributed by atoms with Gasteiger partial charge >= 0.3 is 0 Å². The van der Waals surface area contributed by atoms with Crippen molar-refractivity contribution in [2.75, 3.05) is 20.1 Å². The molecule has 4 rings (SSSR count). The van der Waals surface area contributed by atoms with Crippen LogP contribution in [-0.2, 0) is 16.4 Å². The number of carbonyl (C=O) groups is 1. The van der Waals surface area contributed by atoms with Gasteiger partial charge in [-0.25, -0.2) is 8.42 Å². The highest BCUT2D eigenvalue weighted by atomic mass is 32.2. The minimum Gasteiger partial charge on any atom is -0.335 e. The van der Waals surface area contributed by atoms with Crippen LogP contribution in [0.5, 0.6) is 0 Å². The molecule has 5 nitrogen and oxygen atoms in total. The van der Waals surface area contributed by atoms with E-state index in [2.05, 4.69) is 12.1 Å². The second-order valence-corrected chi connectivity index (χ2v) is 9.95. The molecule has 0 aromatic heterocycles. The van der Waals surface area contributed by atoms with Gasteiger partial charge in [0, 0.05) is 25.7 Å². The van der Waals surface area contributed by atoms with Gasteiger partial charge in [-0.2, -0.15) is 4.31 Å². The van der Waals surface area contributed by atoms with Crippen LogP contribution in [0.3, 0.4) is 0 Å². The molecule has 29 heavy (non-hydrogen) atoms. The summed E-state index contributed by atoms with van der Waals surface area (Å²) >= 11 is 0. The van der Waals surface area contributed by atoms with Gasteiger partial charge in [0.15, 0.2) is 0 Å². The number of amides is 1. The first-order chi connectivity index (χ1) is 14.0. The summed E-state index contributed by atoms with van der Waals surface area (Å²) < 4.78 is 27.5. The summed E-state index contributed by atoms with van der Waals surface area (Å²) in [5.41, 5.74) is 2.92. The molecule has 1 aliphatic heterocycles. The number of hydrogen-bond acceptors (Lipinski definition) is 3. The van der Waals surface area contributed by atoms with Crippen molar-refractivity contribution in [1.29, 1.82) is 0 Å². The van der Waals surface area contributed by atoms with E-state index in [1.807, 2.05) is 19.2 Å². The van der Waals surface area contributed by atoms with Gasteiger partial charge in [-0.3, -0.25) is 4.79 Å². The first-order valence-corrected chi connectivity index (χ1v) is 11.9. The van der Waals surface area contributed by atoms with Gasteiger partial charge in [0.05, 0.1) is 10.9 Å². The van der Waals surface area contributed by atoms with E-state index in [-0.39, 0.29) is 16.8 Å². The maximum atomic E-state index is 13.2. The topological polar surface area (TPSA) is 57.7 Å². The van der Waals surface area contributed by atoms with Gasteiger partial charge in [0.2, 0.25) is 10.0 Å². The second-order valence-electron chi connectivity index (χ2n) is 8.02. The third-order valence-corrected chi connectivity index (χ3v) is 8.05. The SMILES string of the molecule is CN(C(=O)c1cccc(S(=O)(=O)N2CCCCC2)c1)C1CCCc2ccccc21. The Balaban J connectivity index is 1.59. The van der Waals surface area contributed by atoms with E-state index < -0.39 is 10.0 Å². The molecule has 2 aromatic carbocycles. The quantitative estimate of drug-likeness (QED) is 0.762. The first kappa shape index (κ1) is 20.1. The molecule has 6 heteroatoms. The van der Waals surface area contributed by atoms with Crippen molar-refractivity contribution in [3.63, 3.8) is 0 Å². The lowest BCUT2D eigenvalue weighted by Crippen LogP contribution is -2.36. The van der Waals surface area contributed by atoms with E-state index >= 15 is 0 Å². The van der Waals surface area contributed by atoms with Crippen LogP contribution in [0.15, 0.2) is 53.4 Å². The molecule has 0 saturated carbocycles. The number of carbonyl (C=O) groups excluding carboxylic acids is 1. The molecule has 0 N–H and O–H groups in total. The van der Waals surface area contributed by atoms with Gasteiger partial charge in [-0.15, -0.1) is 0 Å². The molecule has 1 atom stereocenters. The van der Waals surface area contributed by atoms with Crippen LogP contribution >= 0.6 is 0 Å². The van der Waals surface area contributed by atoms with Crippen molar-refractivity contribution in [2.45, 2.75) is 49.5 Å². The summed E-state index contributed by atoms with van der Waals surface area (Å²) in [6.07, 6.45) is 5.85. The molecule has 0 spiro atoms. The second kappa shape index (κ2) is 8.28. The Kier molecular flexibility index (Phi) is 5.74. The minimum absolute atomic E-state index is 0.0230. The van der Waals surface area contributed by atoms with Crippen LogP contribution in [0.2, 0.25) is 0 Å². The minimum atomic E-state index is -3.55. The average Bonchev–Trinajstić information content (AvgIpc) is 2.78. The predicted molar refractivity (Wildman–Crippen MR) is 113 cm³/mol. The number of nitrogens with zero attached hydrogens (tertiary/aromatic N) is 2. The van der Waals surface area contributed by atoms with E-state index in [1.54, 1.807) is 27.4 Å². The zero-order chi connectivity index (χ0) is 20.4. The fourth-order valence-corrected chi connectivity index (χ4v) is 6.08. The highest BCUT2D eigenvalue weighted by Gasteiger charge is 2.29. The molecule has 1 aliphatic carbocycles. The zero-order valence-corrected chi connectivity index (χ0v) is 17.7. The summed E-state index contributed by atoms with van der Waals surface area (Å²) in [5, 5.41) is 0. The van der Waals surface area contributed by atoms with Gasteiger partial charge in [0.25, 0.3) is 5.91 Å². The van der Waals surface area contributed by atoms with Gasteiger partial charge < -0.3 is 4.90 Å². The Bertz CT molecular complexity index is 997. The first-order valence-electron chi connectivity index (χ1n) is 10.4. The molecule has 154 valence electrons. The lowest BCUT2D eigenvalue weighted by atomic mass is 9.87. The molecule has 1 heterocycles. The van der Waals surface area contributed by atoms with Gasteiger partial charge in [-0.05, 0) is 61.4 Å². The van der Waals surface area contributed by atoms with Crippen molar-refractivity contribution in [3.05, 3.63) is 65.2 Å². The third-order valence-electron chi connectivity index (χ3n) is 6.16. The van der Waals surface area contributed by atoms with Crippen LogP contribution in [0.4, 0.5) is 0 Å². The highest BCUT2D eigenvalue weighted by molar-refractivity contribution is 7.89. The number of rotatable bonds is 4. The molecule has 2 aromatic rings. The van der Waals surface area contributed by atoms with Crippen molar-refractivity contribution in [2.24, 2.45) is 0 Å². The average molecular weight is 413 g/mol. The molecule has 0 bridgehead atoms. The van der Waals surface area contributed by atoms with E-state index in [0.29, 0.717) is 18.7 Å². The van der Waals surface area contributed by atoms with Crippen LogP contribution in [0, 0.1) is 0 Å². The normalized spacial score (nSPS) is 20.1. The Labute approximate surface area is 173 Å². The molecular formula is C23H28N2O3S. The summed E-state index contributed by atoms with van der Waals surface area (Å²) in [6.45, 7) is 1.11. The predicted octanol–water partition coefficient (Wildman–Crippen LogP) is 4.01. The molecule has 1 fully saturated rings. The molecule has 1 unspecified atom stereocenters. The Hall–Kier alpha value is -2.18. The van der Waals surface area contributed by atoms with Gasteiger partial charge in [-0.1, -0.05) is 36.8 Å². The fourth-order valence-electron chi connectivity index (χ4n) is 4.52. The van der Waals surface area contributed by atoms with Crippen molar-refractivity contribution in [1.82, 2.24) is 9.21 Å². The molecule has 0 radical (unpaired) electrons. The molecule has 2 aliphatic rings. The Morgan fingerprint density at radius 1 is 1.00 bits per heavy atom. The van der Waals surface area contributed by atoms with Crippen LogP contribution < -0.4 is 0 Å². The lowest BCUT2D eigenvalue weighted by Gasteiger charge is -2.33. The third kappa shape index (κ3) is 3.96. The zero-order valence-electron chi connectivity index (χ0n) is 16.9. The van der Waals surface area contributed by atoms with Crippen LogP contribution in [-0.4, -0.2) is 43.7 Å². The van der Waals surface area contributed by atoms with Crippen LogP contribution in [0.1, 0.15) is 59.6 Å². The van der Waals surface area contributed by atoms with E-state index in [1.165, 1.54) is 17.2 Å². The maximum absolute atomic E-state index is 13.2. The number of fused-ring (bicyclic) bond motifs is 1. The highest BCUT2D eigenvalue weighted by Crippen LogP contribution is 2.34. The smallest absolute Gasteiger partial charge is 0.254 e. The van der Waals surface area contributed by atoms with Crippen molar-refractivity contribution in [3.8, 4) is 0 Å². The lowest BCUT2D eigenvalue weighted by molar-refractivity contribution is 0.0715. The number of sulfonamides is 1. The van der Waals surface area contributed by atoms with E-state index in [0.717, 1.165) is 38.5 Å². The number of aryl methyl sites for hydroxylation is 1. The molecular weight excluding hydrogens is 384 g/mol. The van der Waals surface area contributed by atoms with E-state index in [9.17, 15) is 13.2 Å². The monoisotopic (exact) mass is 412 g/mol. The number of hydrogen-bond donors (Lipinski definition) is 0. The standard InChI is InChI=1S/C23H28N2O3S/c1-24(22-14-8-10-18-9-3-4-13-21(18)22)23(26)19-11-7-12-20(17-19)29(27,28)25-15-5-2-6-16-25/h3-4,7,9,11-13,17,22H,2,5-6,8,10,14-16H2,1H3. The Morgan fingerprint density at radius 3 is 2.55 bits per heavy atom. The number of piperidine rings is 1. The number of benzene rings is 2. The molecule has 1 saturated heterocycles. The fraction of sp³-hybridized carbons (Fsp3) is 0.435. The van der Waals surface area contributed by atoms with Crippen LogP contribution in [0.25, 0.3) is 0 Å². The summed E-state index contributed by atoms with van der Waals surface area (Å²) in [4.78, 5) is 15.2.